The number of carbonyl (C=O) groups is 1. The van der Waals surface area contributed by atoms with Gasteiger partial charge in [-0.2, -0.15) is 5.26 Å². The summed E-state index contributed by atoms with van der Waals surface area (Å²) in [5, 5.41) is 11.1. The molecule has 0 fully saturated rings. The van der Waals surface area contributed by atoms with Gasteiger partial charge in [0.1, 0.15) is 0 Å². The van der Waals surface area contributed by atoms with Crippen molar-refractivity contribution >= 4 is 15.9 Å². The minimum Gasteiger partial charge on any atom is -0.346 e. The molecule has 0 spiro atoms. The first kappa shape index (κ1) is 20.5. The number of nitrogens with zero attached hydrogens (tertiary/aromatic N) is 1. The zero-order valence-corrected chi connectivity index (χ0v) is 15.2. The zero-order valence-electron chi connectivity index (χ0n) is 14.4. The molecule has 0 heterocycles. The average molecular weight is 393 g/mol. The maximum Gasteiger partial charge on any atom is 0.251 e. The average Bonchev–Trinajstić information content (AvgIpc) is 2.64. The Balaban J connectivity index is 2.06. The van der Waals surface area contributed by atoms with Gasteiger partial charge >= 0.3 is 0 Å². The van der Waals surface area contributed by atoms with Crippen LogP contribution in [-0.4, -0.2) is 20.9 Å². The highest BCUT2D eigenvalue weighted by Crippen LogP contribution is 2.17. The number of benzene rings is 2. The predicted octanol–water partition coefficient (Wildman–Crippen LogP) is 2.65. The summed E-state index contributed by atoms with van der Waals surface area (Å²) in [4.78, 5) is 12.2. The fourth-order valence-corrected chi connectivity index (χ4v) is 3.29. The van der Waals surface area contributed by atoms with E-state index in [1.54, 1.807) is 6.92 Å². The summed E-state index contributed by atoms with van der Waals surface area (Å²) < 4.78 is 52.6. The normalized spacial score (nSPS) is 12.2. The Kier molecular flexibility index (Phi) is 6.60. The predicted molar refractivity (Wildman–Crippen MR) is 94.1 cm³/mol. The number of nitrogens with one attached hydrogen (secondary N) is 2. The molecule has 0 aliphatic carbocycles. The summed E-state index contributed by atoms with van der Waals surface area (Å²) in [5.41, 5.74) is 0.601. The molecule has 2 N–H and O–H groups in total. The lowest BCUT2D eigenvalue weighted by Crippen LogP contribution is -2.27. The van der Waals surface area contributed by atoms with Crippen molar-refractivity contribution in [2.24, 2.45) is 0 Å². The molecule has 27 heavy (non-hydrogen) atoms. The van der Waals surface area contributed by atoms with E-state index >= 15 is 0 Å². The van der Waals surface area contributed by atoms with Crippen molar-refractivity contribution in [3.05, 3.63) is 65.2 Å². The van der Waals surface area contributed by atoms with Crippen molar-refractivity contribution in [1.29, 1.82) is 5.26 Å². The van der Waals surface area contributed by atoms with Crippen LogP contribution in [0.15, 0.2) is 47.4 Å². The number of nitriles is 1. The van der Waals surface area contributed by atoms with E-state index in [0.29, 0.717) is 5.56 Å². The minimum atomic E-state index is -3.76. The lowest BCUT2D eigenvalue weighted by Gasteiger charge is -2.15. The van der Waals surface area contributed by atoms with Crippen molar-refractivity contribution in [3.8, 4) is 6.07 Å². The zero-order chi connectivity index (χ0) is 20.0. The van der Waals surface area contributed by atoms with E-state index in [1.165, 1.54) is 30.3 Å². The molecule has 0 radical (unpaired) electrons. The van der Waals surface area contributed by atoms with Crippen LogP contribution in [0.1, 0.15) is 35.3 Å². The number of amides is 1. The van der Waals surface area contributed by atoms with Gasteiger partial charge in [-0.05, 0) is 48.9 Å². The van der Waals surface area contributed by atoms with Gasteiger partial charge in [0.15, 0.2) is 11.6 Å². The third-order valence-corrected chi connectivity index (χ3v) is 5.22. The van der Waals surface area contributed by atoms with E-state index in [0.717, 1.165) is 12.1 Å². The third kappa shape index (κ3) is 5.32. The lowest BCUT2D eigenvalue weighted by molar-refractivity contribution is 0.0939. The van der Waals surface area contributed by atoms with Gasteiger partial charge in [-0.1, -0.05) is 6.07 Å². The second-order valence-electron chi connectivity index (χ2n) is 5.70. The van der Waals surface area contributed by atoms with Crippen molar-refractivity contribution in [3.63, 3.8) is 0 Å². The highest BCUT2D eigenvalue weighted by Gasteiger charge is 2.16. The Bertz CT molecular complexity index is 970. The fraction of sp³-hybridized carbons (Fsp3) is 0.222. The highest BCUT2D eigenvalue weighted by atomic mass is 32.2. The van der Waals surface area contributed by atoms with Gasteiger partial charge in [0, 0.05) is 18.5 Å². The Labute approximate surface area is 155 Å². The van der Waals surface area contributed by atoms with Crippen LogP contribution in [0.5, 0.6) is 0 Å². The third-order valence-electron chi connectivity index (χ3n) is 3.75. The molecule has 2 aromatic carbocycles. The van der Waals surface area contributed by atoms with Crippen molar-refractivity contribution in [1.82, 2.24) is 10.0 Å². The smallest absolute Gasteiger partial charge is 0.251 e. The van der Waals surface area contributed by atoms with Crippen LogP contribution >= 0.6 is 0 Å². The Morgan fingerprint density at radius 1 is 1.15 bits per heavy atom. The molecule has 2 aromatic rings. The SMILES string of the molecule is CC(NC(=O)c1ccc(S(=O)(=O)NCCC#N)cc1)c1ccc(F)c(F)c1. The van der Waals surface area contributed by atoms with E-state index in [-0.39, 0.29) is 23.4 Å². The lowest BCUT2D eigenvalue weighted by atomic mass is 10.1. The van der Waals surface area contributed by atoms with Crippen LogP contribution in [-0.2, 0) is 10.0 Å². The monoisotopic (exact) mass is 393 g/mol. The molecule has 1 amide bonds. The molecule has 6 nitrogen and oxygen atoms in total. The van der Waals surface area contributed by atoms with Crippen LogP contribution < -0.4 is 10.0 Å². The van der Waals surface area contributed by atoms with Gasteiger partial charge < -0.3 is 5.32 Å². The van der Waals surface area contributed by atoms with E-state index in [2.05, 4.69) is 10.0 Å². The standard InChI is InChI=1S/C18H17F2N3O3S/c1-12(14-5-8-16(19)17(20)11-14)23-18(24)13-3-6-15(7-4-13)27(25,26)22-10-2-9-21/h3-8,11-12,22H,2,10H2,1H3,(H,23,24). The fourth-order valence-electron chi connectivity index (χ4n) is 2.26. The first-order valence-corrected chi connectivity index (χ1v) is 9.45. The number of hydrogen-bond acceptors (Lipinski definition) is 4. The molecule has 9 heteroatoms. The maximum atomic E-state index is 13.3. The Morgan fingerprint density at radius 3 is 2.41 bits per heavy atom. The summed E-state index contributed by atoms with van der Waals surface area (Å²) in [6, 6.07) is 9.82. The molecule has 0 aromatic heterocycles. The van der Waals surface area contributed by atoms with E-state index in [4.69, 9.17) is 5.26 Å². The number of rotatable bonds is 7. The second kappa shape index (κ2) is 8.70. The van der Waals surface area contributed by atoms with Crippen LogP contribution in [0.2, 0.25) is 0 Å². The van der Waals surface area contributed by atoms with E-state index in [9.17, 15) is 22.0 Å². The summed E-state index contributed by atoms with van der Waals surface area (Å²) in [7, 11) is -3.76. The van der Waals surface area contributed by atoms with Crippen LogP contribution in [0, 0.1) is 23.0 Å². The van der Waals surface area contributed by atoms with Gasteiger partial charge in [0.2, 0.25) is 10.0 Å². The first-order valence-electron chi connectivity index (χ1n) is 7.97. The summed E-state index contributed by atoms with van der Waals surface area (Å²) >= 11 is 0. The molecule has 0 saturated carbocycles. The van der Waals surface area contributed by atoms with E-state index in [1.807, 2.05) is 6.07 Å². The number of hydrogen-bond donors (Lipinski definition) is 2. The molecule has 0 aliphatic heterocycles. The molecule has 2 rings (SSSR count). The summed E-state index contributed by atoms with van der Waals surface area (Å²) in [5.74, 6) is -2.47. The number of sulfonamides is 1. The largest absolute Gasteiger partial charge is 0.346 e. The number of halogens is 2. The molecule has 142 valence electrons. The van der Waals surface area contributed by atoms with E-state index < -0.39 is 33.6 Å². The van der Waals surface area contributed by atoms with Gasteiger partial charge in [-0.3, -0.25) is 4.79 Å². The molecule has 0 saturated heterocycles. The van der Waals surface area contributed by atoms with Gasteiger partial charge in [-0.15, -0.1) is 0 Å². The first-order chi connectivity index (χ1) is 12.7. The van der Waals surface area contributed by atoms with Crippen molar-refractivity contribution in [2.75, 3.05) is 6.54 Å². The quantitative estimate of drug-likeness (QED) is 0.707. The Morgan fingerprint density at radius 2 is 1.81 bits per heavy atom. The van der Waals surface area contributed by atoms with Crippen molar-refractivity contribution in [2.45, 2.75) is 24.3 Å². The molecule has 1 unspecified atom stereocenters. The van der Waals surface area contributed by atoms with Crippen molar-refractivity contribution < 1.29 is 22.0 Å². The molecule has 0 bridgehead atoms. The summed E-state index contributed by atoms with van der Waals surface area (Å²) in [6.45, 7) is 1.61. The van der Waals surface area contributed by atoms with Crippen LogP contribution in [0.4, 0.5) is 8.78 Å². The highest BCUT2D eigenvalue weighted by molar-refractivity contribution is 7.89. The van der Waals surface area contributed by atoms with Gasteiger partial charge in [-0.25, -0.2) is 21.9 Å². The second-order valence-corrected chi connectivity index (χ2v) is 7.47. The van der Waals surface area contributed by atoms with Crippen LogP contribution in [0.3, 0.4) is 0 Å². The summed E-state index contributed by atoms with van der Waals surface area (Å²) in [6.07, 6.45) is 0.0432. The Hall–Kier alpha value is -2.83. The molecule has 0 aliphatic rings. The molecule has 1 atom stereocenters. The van der Waals surface area contributed by atoms with Gasteiger partial charge in [0.25, 0.3) is 5.91 Å². The minimum absolute atomic E-state index is 0.00713. The van der Waals surface area contributed by atoms with Crippen LogP contribution in [0.25, 0.3) is 0 Å². The maximum absolute atomic E-state index is 13.3. The number of carbonyl (C=O) groups excluding carboxylic acids is 1. The molecular formula is C18H17F2N3O3S. The van der Waals surface area contributed by atoms with Gasteiger partial charge in [0.05, 0.1) is 17.0 Å². The topological polar surface area (TPSA) is 99.1 Å². The molecular weight excluding hydrogens is 376 g/mol.